The number of methoxy groups -OCH3 is 1. The Kier molecular flexibility index (Phi) is 4.71. The molecule has 1 aromatic carbocycles. The van der Waals surface area contributed by atoms with Crippen molar-refractivity contribution in [1.29, 1.82) is 0 Å². The van der Waals surface area contributed by atoms with Gasteiger partial charge in [-0.25, -0.2) is 13.1 Å². The first-order valence-electron chi connectivity index (χ1n) is 5.71. The first-order chi connectivity index (χ1) is 9.56. The molecular formula is C12H14N2O4S2. The standard InChI is InChI=1S/C12H14N2O4S2/c1-18-12-3-2-11(4-9(12)7-15)20(16,17)14-6-10-5-13-8-19-10/h2-5,8,14-15H,6-7H2,1H3. The molecule has 0 unspecified atom stereocenters. The maximum Gasteiger partial charge on any atom is 0.240 e. The normalized spacial score (nSPS) is 11.5. The summed E-state index contributed by atoms with van der Waals surface area (Å²) in [5.74, 6) is 0.453. The summed E-state index contributed by atoms with van der Waals surface area (Å²) in [6.45, 7) is -0.102. The summed E-state index contributed by atoms with van der Waals surface area (Å²) in [5.41, 5.74) is 2.06. The van der Waals surface area contributed by atoms with E-state index in [2.05, 4.69) is 9.71 Å². The first-order valence-corrected chi connectivity index (χ1v) is 8.08. The Labute approximate surface area is 121 Å². The number of hydrogen-bond donors (Lipinski definition) is 2. The molecule has 2 rings (SSSR count). The van der Waals surface area contributed by atoms with Gasteiger partial charge in [0.05, 0.1) is 24.1 Å². The second-order valence-electron chi connectivity index (χ2n) is 3.92. The average Bonchev–Trinajstić information content (AvgIpc) is 2.97. The lowest BCUT2D eigenvalue weighted by Gasteiger charge is -2.10. The summed E-state index contributed by atoms with van der Waals surface area (Å²) in [6.07, 6.45) is 1.61. The highest BCUT2D eigenvalue weighted by Crippen LogP contribution is 2.22. The lowest BCUT2D eigenvalue weighted by molar-refractivity contribution is 0.273. The Balaban J connectivity index is 2.20. The zero-order chi connectivity index (χ0) is 14.6. The molecule has 0 amide bonds. The van der Waals surface area contributed by atoms with Gasteiger partial charge in [0.1, 0.15) is 5.75 Å². The van der Waals surface area contributed by atoms with Gasteiger partial charge in [0.25, 0.3) is 0 Å². The summed E-state index contributed by atoms with van der Waals surface area (Å²) in [7, 11) is -2.17. The molecule has 20 heavy (non-hydrogen) atoms. The molecule has 2 aromatic rings. The highest BCUT2D eigenvalue weighted by atomic mass is 32.2. The fourth-order valence-electron chi connectivity index (χ4n) is 1.62. The van der Waals surface area contributed by atoms with Crippen molar-refractivity contribution < 1.29 is 18.3 Å². The second-order valence-corrected chi connectivity index (χ2v) is 6.66. The van der Waals surface area contributed by atoms with E-state index in [1.807, 2.05) is 0 Å². The predicted octanol–water partition coefficient (Wildman–Crippen LogP) is 1.12. The number of hydrogen-bond acceptors (Lipinski definition) is 6. The van der Waals surface area contributed by atoms with Gasteiger partial charge in [-0.2, -0.15) is 0 Å². The van der Waals surface area contributed by atoms with Crippen molar-refractivity contribution in [2.75, 3.05) is 7.11 Å². The second kappa shape index (κ2) is 6.31. The minimum Gasteiger partial charge on any atom is -0.496 e. The van der Waals surface area contributed by atoms with Crippen LogP contribution in [0.15, 0.2) is 34.8 Å². The van der Waals surface area contributed by atoms with E-state index in [1.165, 1.54) is 36.6 Å². The third-order valence-corrected chi connectivity index (χ3v) is 4.83. The van der Waals surface area contributed by atoms with E-state index in [1.54, 1.807) is 11.7 Å². The van der Waals surface area contributed by atoms with Gasteiger partial charge in [0.2, 0.25) is 10.0 Å². The summed E-state index contributed by atoms with van der Waals surface area (Å²) < 4.78 is 31.8. The number of sulfonamides is 1. The molecule has 8 heteroatoms. The van der Waals surface area contributed by atoms with Crippen molar-refractivity contribution in [2.24, 2.45) is 0 Å². The van der Waals surface area contributed by atoms with Gasteiger partial charge in [0.15, 0.2) is 0 Å². The van der Waals surface area contributed by atoms with Crippen molar-refractivity contribution in [2.45, 2.75) is 18.0 Å². The molecule has 0 radical (unpaired) electrons. The van der Waals surface area contributed by atoms with Gasteiger partial charge in [-0.3, -0.25) is 4.98 Å². The molecule has 0 atom stereocenters. The molecule has 0 fully saturated rings. The Morgan fingerprint density at radius 2 is 2.25 bits per heavy atom. The monoisotopic (exact) mass is 314 g/mol. The smallest absolute Gasteiger partial charge is 0.240 e. The molecule has 1 aromatic heterocycles. The zero-order valence-corrected chi connectivity index (χ0v) is 12.4. The van der Waals surface area contributed by atoms with Gasteiger partial charge in [-0.1, -0.05) is 0 Å². The molecular weight excluding hydrogens is 300 g/mol. The highest BCUT2D eigenvalue weighted by molar-refractivity contribution is 7.89. The van der Waals surface area contributed by atoms with Crippen LogP contribution in [0.2, 0.25) is 0 Å². The van der Waals surface area contributed by atoms with Crippen LogP contribution in [0.25, 0.3) is 0 Å². The van der Waals surface area contributed by atoms with Crippen molar-refractivity contribution >= 4 is 21.4 Å². The number of aliphatic hydroxyl groups excluding tert-OH is 1. The Bertz CT molecular complexity index is 669. The van der Waals surface area contributed by atoms with E-state index in [-0.39, 0.29) is 18.0 Å². The molecule has 0 spiro atoms. The van der Waals surface area contributed by atoms with Crippen LogP contribution in [0.1, 0.15) is 10.4 Å². The molecule has 2 N–H and O–H groups in total. The molecule has 0 aliphatic rings. The zero-order valence-electron chi connectivity index (χ0n) is 10.7. The van der Waals surface area contributed by atoms with E-state index in [0.717, 1.165) is 4.88 Å². The maximum absolute atomic E-state index is 12.1. The lowest BCUT2D eigenvalue weighted by Crippen LogP contribution is -2.23. The van der Waals surface area contributed by atoms with Crippen molar-refractivity contribution in [1.82, 2.24) is 9.71 Å². The van der Waals surface area contributed by atoms with E-state index in [0.29, 0.717) is 11.3 Å². The van der Waals surface area contributed by atoms with E-state index < -0.39 is 10.0 Å². The molecule has 1 heterocycles. The van der Waals surface area contributed by atoms with Gasteiger partial charge < -0.3 is 9.84 Å². The summed E-state index contributed by atoms with van der Waals surface area (Å²) in [6, 6.07) is 4.35. The lowest BCUT2D eigenvalue weighted by atomic mass is 10.2. The Morgan fingerprint density at radius 1 is 1.45 bits per heavy atom. The molecule has 0 bridgehead atoms. The number of aromatic nitrogens is 1. The van der Waals surface area contributed by atoms with Gasteiger partial charge in [-0.15, -0.1) is 11.3 Å². The van der Waals surface area contributed by atoms with Crippen LogP contribution >= 0.6 is 11.3 Å². The summed E-state index contributed by atoms with van der Waals surface area (Å²) in [5, 5.41) is 9.22. The topological polar surface area (TPSA) is 88.5 Å². The number of ether oxygens (including phenoxy) is 1. The van der Waals surface area contributed by atoms with Crippen LogP contribution in [0.3, 0.4) is 0 Å². The van der Waals surface area contributed by atoms with Gasteiger partial charge in [-0.05, 0) is 18.2 Å². The van der Waals surface area contributed by atoms with Crippen molar-refractivity contribution in [3.8, 4) is 5.75 Å². The Hall–Kier alpha value is -1.48. The van der Waals surface area contributed by atoms with Crippen LogP contribution in [-0.2, 0) is 23.2 Å². The fraction of sp³-hybridized carbons (Fsp3) is 0.250. The minimum absolute atomic E-state index is 0.0897. The van der Waals surface area contributed by atoms with Crippen LogP contribution in [0.4, 0.5) is 0 Å². The number of thiazole rings is 1. The molecule has 108 valence electrons. The molecule has 0 saturated carbocycles. The third-order valence-electron chi connectivity index (χ3n) is 2.65. The van der Waals surface area contributed by atoms with E-state index >= 15 is 0 Å². The minimum atomic E-state index is -3.63. The van der Waals surface area contributed by atoms with Crippen LogP contribution in [0, 0.1) is 0 Å². The number of benzene rings is 1. The SMILES string of the molecule is COc1ccc(S(=O)(=O)NCc2cncs2)cc1CO. The van der Waals surface area contributed by atoms with E-state index in [9.17, 15) is 13.5 Å². The quantitative estimate of drug-likeness (QED) is 0.834. The molecule has 0 saturated heterocycles. The Morgan fingerprint density at radius 3 is 2.85 bits per heavy atom. The number of aliphatic hydroxyl groups is 1. The predicted molar refractivity (Wildman–Crippen MR) is 75.1 cm³/mol. The molecule has 0 aliphatic heterocycles. The maximum atomic E-state index is 12.1. The largest absolute Gasteiger partial charge is 0.496 e. The van der Waals surface area contributed by atoms with Crippen molar-refractivity contribution in [3.05, 3.63) is 40.3 Å². The fourth-order valence-corrected chi connectivity index (χ4v) is 3.31. The summed E-state index contributed by atoms with van der Waals surface area (Å²) in [4.78, 5) is 4.79. The van der Waals surface area contributed by atoms with E-state index in [4.69, 9.17) is 4.74 Å². The molecule has 0 aliphatic carbocycles. The first kappa shape index (κ1) is 14.9. The van der Waals surface area contributed by atoms with Crippen LogP contribution < -0.4 is 9.46 Å². The van der Waals surface area contributed by atoms with Crippen LogP contribution in [0.5, 0.6) is 5.75 Å². The summed E-state index contributed by atoms with van der Waals surface area (Å²) >= 11 is 1.37. The van der Waals surface area contributed by atoms with Crippen LogP contribution in [-0.4, -0.2) is 25.6 Å². The van der Waals surface area contributed by atoms with Crippen molar-refractivity contribution in [3.63, 3.8) is 0 Å². The molecule has 6 nitrogen and oxygen atoms in total. The number of nitrogens with one attached hydrogen (secondary N) is 1. The van der Waals surface area contributed by atoms with Gasteiger partial charge in [0, 0.05) is 23.2 Å². The van der Waals surface area contributed by atoms with Gasteiger partial charge >= 0.3 is 0 Å². The third kappa shape index (κ3) is 3.34. The average molecular weight is 314 g/mol. The highest BCUT2D eigenvalue weighted by Gasteiger charge is 2.16. The number of rotatable bonds is 6. The number of nitrogens with zero attached hydrogens (tertiary/aromatic N) is 1.